The van der Waals surface area contributed by atoms with Crippen molar-refractivity contribution >= 4 is 28.6 Å². The molecule has 0 spiro atoms. The molecule has 1 atom stereocenters. The summed E-state index contributed by atoms with van der Waals surface area (Å²) in [6.07, 6.45) is 0. The largest absolute Gasteiger partial charge is 0.355 e. The van der Waals surface area contributed by atoms with E-state index >= 15 is 0 Å². The summed E-state index contributed by atoms with van der Waals surface area (Å²) in [5.41, 5.74) is -0.172. The molecule has 2 aromatic carbocycles. The molecule has 3 rings (SSSR count). The standard InChI is InChI=1S/C19H17F2N3O2S/c1-3-22-17(25)11(2)27-19-23-15-7-5-4-6-13(15)18(26)24(19)16-9-8-12(20)10-14(16)21/h4-11H,3H2,1-2H3,(H,22,25)/t11-/m0/s1. The molecular formula is C19H17F2N3O2S. The molecule has 5 nitrogen and oxygen atoms in total. The first-order chi connectivity index (χ1) is 12.9. The molecule has 1 heterocycles. The van der Waals surface area contributed by atoms with Crippen LogP contribution in [-0.4, -0.2) is 27.3 Å². The summed E-state index contributed by atoms with van der Waals surface area (Å²) in [5.74, 6) is -1.86. The molecule has 0 saturated carbocycles. The lowest BCUT2D eigenvalue weighted by atomic mass is 10.2. The average molecular weight is 389 g/mol. The summed E-state index contributed by atoms with van der Waals surface area (Å²) in [6, 6.07) is 9.64. The van der Waals surface area contributed by atoms with Crippen LogP contribution >= 0.6 is 11.8 Å². The number of rotatable bonds is 5. The molecule has 8 heteroatoms. The van der Waals surface area contributed by atoms with Gasteiger partial charge in [0.25, 0.3) is 5.56 Å². The molecule has 27 heavy (non-hydrogen) atoms. The van der Waals surface area contributed by atoms with E-state index in [0.717, 1.165) is 22.4 Å². The topological polar surface area (TPSA) is 64.0 Å². The first kappa shape index (κ1) is 19.0. The lowest BCUT2D eigenvalue weighted by Gasteiger charge is -2.16. The van der Waals surface area contributed by atoms with Gasteiger partial charge in [-0.25, -0.2) is 13.8 Å². The highest BCUT2D eigenvalue weighted by molar-refractivity contribution is 8.00. The van der Waals surface area contributed by atoms with Gasteiger partial charge >= 0.3 is 0 Å². The number of nitrogens with one attached hydrogen (secondary N) is 1. The van der Waals surface area contributed by atoms with Crippen molar-refractivity contribution in [3.8, 4) is 5.69 Å². The van der Waals surface area contributed by atoms with Gasteiger partial charge < -0.3 is 5.32 Å². The molecule has 1 aromatic heterocycles. The molecule has 0 aliphatic carbocycles. The molecule has 0 fully saturated rings. The molecule has 3 aromatic rings. The van der Waals surface area contributed by atoms with Gasteiger partial charge in [-0.05, 0) is 38.1 Å². The fourth-order valence-electron chi connectivity index (χ4n) is 2.60. The third-order valence-corrected chi connectivity index (χ3v) is 4.95. The van der Waals surface area contributed by atoms with E-state index in [1.54, 1.807) is 38.1 Å². The summed E-state index contributed by atoms with van der Waals surface area (Å²) in [6.45, 7) is 3.93. The van der Waals surface area contributed by atoms with E-state index in [2.05, 4.69) is 10.3 Å². The molecule has 0 aliphatic rings. The lowest BCUT2D eigenvalue weighted by Crippen LogP contribution is -2.31. The second kappa shape index (κ2) is 7.87. The number of amides is 1. The van der Waals surface area contributed by atoms with E-state index in [1.165, 1.54) is 6.07 Å². The van der Waals surface area contributed by atoms with Crippen molar-refractivity contribution in [2.75, 3.05) is 6.54 Å². The zero-order valence-corrected chi connectivity index (χ0v) is 15.5. The van der Waals surface area contributed by atoms with Crippen LogP contribution in [0.2, 0.25) is 0 Å². The fraction of sp³-hybridized carbons (Fsp3) is 0.211. The van der Waals surface area contributed by atoms with Crippen molar-refractivity contribution in [3.63, 3.8) is 0 Å². The Kier molecular flexibility index (Phi) is 5.55. The summed E-state index contributed by atoms with van der Waals surface area (Å²) < 4.78 is 28.8. The van der Waals surface area contributed by atoms with Gasteiger partial charge in [-0.1, -0.05) is 23.9 Å². The van der Waals surface area contributed by atoms with E-state index < -0.39 is 22.4 Å². The van der Waals surface area contributed by atoms with Crippen LogP contribution < -0.4 is 10.9 Å². The summed E-state index contributed by atoms with van der Waals surface area (Å²) in [5, 5.41) is 2.59. The molecule has 140 valence electrons. The van der Waals surface area contributed by atoms with Gasteiger partial charge in [-0.15, -0.1) is 0 Å². The normalized spacial score (nSPS) is 12.1. The SMILES string of the molecule is CCNC(=O)[C@H](C)Sc1nc2ccccc2c(=O)n1-c1ccc(F)cc1F. The zero-order chi connectivity index (χ0) is 19.6. The van der Waals surface area contributed by atoms with Crippen LogP contribution in [0.3, 0.4) is 0 Å². The third kappa shape index (κ3) is 3.85. The Morgan fingerprint density at radius 2 is 2.00 bits per heavy atom. The van der Waals surface area contributed by atoms with Crippen LogP contribution in [0.25, 0.3) is 16.6 Å². The number of thioether (sulfide) groups is 1. The van der Waals surface area contributed by atoms with Crippen LogP contribution in [0.1, 0.15) is 13.8 Å². The van der Waals surface area contributed by atoms with Crippen molar-refractivity contribution in [2.24, 2.45) is 0 Å². The first-order valence-electron chi connectivity index (χ1n) is 8.34. The van der Waals surface area contributed by atoms with Crippen LogP contribution in [-0.2, 0) is 4.79 Å². The van der Waals surface area contributed by atoms with E-state index in [-0.39, 0.29) is 16.8 Å². The van der Waals surface area contributed by atoms with E-state index in [9.17, 15) is 18.4 Å². The molecule has 0 saturated heterocycles. The predicted octanol–water partition coefficient (Wildman–Crippen LogP) is 3.28. The smallest absolute Gasteiger partial charge is 0.266 e. The number of benzene rings is 2. The second-order valence-electron chi connectivity index (χ2n) is 5.80. The monoisotopic (exact) mass is 389 g/mol. The number of carbonyl (C=O) groups is 1. The highest BCUT2D eigenvalue weighted by atomic mass is 32.2. The Balaban J connectivity index is 2.21. The second-order valence-corrected chi connectivity index (χ2v) is 7.11. The van der Waals surface area contributed by atoms with Gasteiger partial charge in [0.2, 0.25) is 5.91 Å². The van der Waals surface area contributed by atoms with Gasteiger partial charge in [-0.2, -0.15) is 0 Å². The van der Waals surface area contributed by atoms with E-state index in [4.69, 9.17) is 0 Å². The highest BCUT2D eigenvalue weighted by Crippen LogP contribution is 2.26. The van der Waals surface area contributed by atoms with Gasteiger partial charge in [0.1, 0.15) is 11.6 Å². The quantitative estimate of drug-likeness (QED) is 0.537. The number of carbonyl (C=O) groups excluding carboxylic acids is 1. The summed E-state index contributed by atoms with van der Waals surface area (Å²) in [7, 11) is 0. The number of nitrogens with zero attached hydrogens (tertiary/aromatic N) is 2. The predicted molar refractivity (Wildman–Crippen MR) is 101 cm³/mol. The van der Waals surface area contributed by atoms with Crippen LogP contribution in [0.4, 0.5) is 8.78 Å². The van der Waals surface area contributed by atoms with Crippen LogP contribution in [0, 0.1) is 11.6 Å². The Bertz CT molecular complexity index is 1070. The van der Waals surface area contributed by atoms with Crippen LogP contribution in [0.15, 0.2) is 52.4 Å². The maximum Gasteiger partial charge on any atom is 0.266 e. The van der Waals surface area contributed by atoms with Gasteiger partial charge in [0.05, 0.1) is 21.8 Å². The number of hydrogen-bond acceptors (Lipinski definition) is 4. The van der Waals surface area contributed by atoms with Gasteiger partial charge in [-0.3, -0.25) is 14.2 Å². The minimum atomic E-state index is -0.887. The van der Waals surface area contributed by atoms with Crippen molar-refractivity contribution in [1.29, 1.82) is 0 Å². The van der Waals surface area contributed by atoms with Crippen molar-refractivity contribution in [2.45, 2.75) is 24.3 Å². The summed E-state index contributed by atoms with van der Waals surface area (Å²) >= 11 is 1.03. The Labute approximate surface area is 158 Å². The lowest BCUT2D eigenvalue weighted by molar-refractivity contribution is -0.120. The highest BCUT2D eigenvalue weighted by Gasteiger charge is 2.21. The molecule has 0 bridgehead atoms. The number of halogens is 2. The molecular weight excluding hydrogens is 372 g/mol. The number of aromatic nitrogens is 2. The maximum absolute atomic E-state index is 14.4. The maximum atomic E-state index is 14.4. The van der Waals surface area contributed by atoms with Crippen molar-refractivity contribution in [1.82, 2.24) is 14.9 Å². The number of para-hydroxylation sites is 1. The molecule has 0 aliphatic heterocycles. The summed E-state index contributed by atoms with van der Waals surface area (Å²) in [4.78, 5) is 29.5. The van der Waals surface area contributed by atoms with E-state index in [0.29, 0.717) is 23.5 Å². The molecule has 1 N–H and O–H groups in total. The first-order valence-corrected chi connectivity index (χ1v) is 9.22. The number of hydrogen-bond donors (Lipinski definition) is 1. The van der Waals surface area contributed by atoms with Gasteiger partial charge in [0.15, 0.2) is 5.16 Å². The molecule has 0 radical (unpaired) electrons. The Hall–Kier alpha value is -2.74. The zero-order valence-electron chi connectivity index (χ0n) is 14.7. The Morgan fingerprint density at radius 3 is 2.70 bits per heavy atom. The third-order valence-electron chi connectivity index (χ3n) is 3.90. The number of fused-ring (bicyclic) bond motifs is 1. The molecule has 1 amide bonds. The fourth-order valence-corrected chi connectivity index (χ4v) is 3.54. The minimum absolute atomic E-state index is 0.120. The van der Waals surface area contributed by atoms with Crippen LogP contribution in [0.5, 0.6) is 0 Å². The minimum Gasteiger partial charge on any atom is -0.355 e. The Morgan fingerprint density at radius 1 is 1.26 bits per heavy atom. The van der Waals surface area contributed by atoms with Gasteiger partial charge in [0, 0.05) is 12.6 Å². The molecule has 0 unspecified atom stereocenters. The average Bonchev–Trinajstić information content (AvgIpc) is 2.63. The van der Waals surface area contributed by atoms with Crippen molar-refractivity contribution < 1.29 is 13.6 Å². The van der Waals surface area contributed by atoms with E-state index in [1.807, 2.05) is 0 Å². The van der Waals surface area contributed by atoms with Crippen molar-refractivity contribution in [3.05, 3.63) is 64.5 Å².